The zero-order chi connectivity index (χ0) is 17.8. The van der Waals surface area contributed by atoms with E-state index in [0.29, 0.717) is 11.6 Å². The summed E-state index contributed by atoms with van der Waals surface area (Å²) in [6.45, 7) is 1.36. The molecular formula is C21H18ClN3O. The van der Waals surface area contributed by atoms with Gasteiger partial charge in [0.1, 0.15) is 11.5 Å². The first-order chi connectivity index (χ1) is 12.8. The number of nitrogens with zero attached hydrogens (tertiary/aromatic N) is 2. The summed E-state index contributed by atoms with van der Waals surface area (Å²) in [6.07, 6.45) is 3.90. The van der Waals surface area contributed by atoms with Gasteiger partial charge in [0.05, 0.1) is 23.5 Å². The van der Waals surface area contributed by atoms with E-state index >= 15 is 0 Å². The molecule has 1 N–H and O–H groups in total. The molecule has 0 saturated heterocycles. The Bertz CT molecular complexity index is 991. The average Bonchev–Trinajstić information content (AvgIpc) is 3.33. The van der Waals surface area contributed by atoms with Crippen LogP contribution in [0.25, 0.3) is 17.0 Å². The Morgan fingerprint density at radius 1 is 0.923 bits per heavy atom. The lowest BCUT2D eigenvalue weighted by atomic mass is 10.2. The summed E-state index contributed by atoms with van der Waals surface area (Å²) in [7, 11) is 0. The van der Waals surface area contributed by atoms with Crippen molar-refractivity contribution in [3.63, 3.8) is 0 Å². The third-order valence-electron chi connectivity index (χ3n) is 4.09. The molecule has 0 atom stereocenters. The number of aromatic nitrogens is 2. The fourth-order valence-corrected chi connectivity index (χ4v) is 3.01. The first-order valence-corrected chi connectivity index (χ1v) is 8.81. The van der Waals surface area contributed by atoms with Gasteiger partial charge in [0, 0.05) is 23.9 Å². The quantitative estimate of drug-likeness (QED) is 0.519. The van der Waals surface area contributed by atoms with Gasteiger partial charge in [0.15, 0.2) is 0 Å². The lowest BCUT2D eigenvalue weighted by Crippen LogP contribution is -2.11. The molecule has 2 heterocycles. The molecule has 0 aliphatic heterocycles. The van der Waals surface area contributed by atoms with Gasteiger partial charge in [-0.15, -0.1) is 0 Å². The average molecular weight is 364 g/mol. The summed E-state index contributed by atoms with van der Waals surface area (Å²) in [4.78, 5) is 0. The molecule has 0 saturated carbocycles. The Morgan fingerprint density at radius 2 is 1.73 bits per heavy atom. The molecule has 130 valence electrons. The SMILES string of the molecule is Clc1ccccc1-c1ccc(CNCc2cnn(-c3ccccc3)c2)o1. The van der Waals surface area contributed by atoms with Gasteiger partial charge in [-0.25, -0.2) is 4.68 Å². The number of furan rings is 1. The molecule has 4 rings (SSSR count). The highest BCUT2D eigenvalue weighted by Crippen LogP contribution is 2.28. The molecule has 4 nitrogen and oxygen atoms in total. The van der Waals surface area contributed by atoms with Gasteiger partial charge >= 0.3 is 0 Å². The van der Waals surface area contributed by atoms with E-state index in [4.69, 9.17) is 16.0 Å². The van der Waals surface area contributed by atoms with Crippen molar-refractivity contribution in [2.45, 2.75) is 13.1 Å². The second-order valence-electron chi connectivity index (χ2n) is 5.98. The van der Waals surface area contributed by atoms with Gasteiger partial charge in [-0.2, -0.15) is 5.10 Å². The van der Waals surface area contributed by atoms with Crippen LogP contribution in [0.5, 0.6) is 0 Å². The Balaban J connectivity index is 1.36. The summed E-state index contributed by atoms with van der Waals surface area (Å²) in [5.41, 5.74) is 3.07. The van der Waals surface area contributed by atoms with E-state index in [1.165, 1.54) is 0 Å². The van der Waals surface area contributed by atoms with E-state index in [1.807, 2.05) is 83.8 Å². The molecule has 0 aliphatic rings. The number of hydrogen-bond acceptors (Lipinski definition) is 3. The van der Waals surface area contributed by atoms with Crippen LogP contribution in [0, 0.1) is 0 Å². The van der Waals surface area contributed by atoms with Crippen molar-refractivity contribution < 1.29 is 4.42 Å². The smallest absolute Gasteiger partial charge is 0.135 e. The van der Waals surface area contributed by atoms with Crippen molar-refractivity contribution in [2.75, 3.05) is 0 Å². The third-order valence-corrected chi connectivity index (χ3v) is 4.42. The van der Waals surface area contributed by atoms with Crippen molar-refractivity contribution in [2.24, 2.45) is 0 Å². The minimum atomic E-state index is 0.640. The molecule has 4 aromatic rings. The predicted octanol–water partition coefficient (Wildman–Crippen LogP) is 5.08. The minimum absolute atomic E-state index is 0.640. The van der Waals surface area contributed by atoms with E-state index in [0.717, 1.165) is 34.9 Å². The van der Waals surface area contributed by atoms with Crippen LogP contribution in [0.1, 0.15) is 11.3 Å². The zero-order valence-electron chi connectivity index (χ0n) is 14.1. The number of nitrogens with one attached hydrogen (secondary N) is 1. The third kappa shape index (κ3) is 3.72. The Kier molecular flexibility index (Phi) is 4.86. The Hall–Kier alpha value is -2.82. The molecule has 0 unspecified atom stereocenters. The van der Waals surface area contributed by atoms with Crippen molar-refractivity contribution in [1.82, 2.24) is 15.1 Å². The molecule has 2 aromatic carbocycles. The first kappa shape index (κ1) is 16.6. The van der Waals surface area contributed by atoms with Crippen LogP contribution in [0.3, 0.4) is 0 Å². The van der Waals surface area contributed by atoms with Crippen molar-refractivity contribution in [3.8, 4) is 17.0 Å². The van der Waals surface area contributed by atoms with Crippen LogP contribution < -0.4 is 5.32 Å². The van der Waals surface area contributed by atoms with E-state index in [2.05, 4.69) is 10.4 Å². The largest absolute Gasteiger partial charge is 0.460 e. The molecule has 26 heavy (non-hydrogen) atoms. The van der Waals surface area contributed by atoms with Gasteiger partial charge < -0.3 is 9.73 Å². The zero-order valence-corrected chi connectivity index (χ0v) is 14.9. The highest BCUT2D eigenvalue weighted by Gasteiger charge is 2.08. The van der Waals surface area contributed by atoms with E-state index in [9.17, 15) is 0 Å². The van der Waals surface area contributed by atoms with Gasteiger partial charge in [0.25, 0.3) is 0 Å². The summed E-state index contributed by atoms with van der Waals surface area (Å²) in [6, 6.07) is 21.7. The topological polar surface area (TPSA) is 43.0 Å². The summed E-state index contributed by atoms with van der Waals surface area (Å²) in [5, 5.41) is 8.48. The van der Waals surface area contributed by atoms with Gasteiger partial charge in [0.2, 0.25) is 0 Å². The molecule has 0 amide bonds. The van der Waals surface area contributed by atoms with Gasteiger partial charge in [-0.1, -0.05) is 41.9 Å². The molecule has 0 spiro atoms. The second-order valence-corrected chi connectivity index (χ2v) is 6.39. The summed E-state index contributed by atoms with van der Waals surface area (Å²) < 4.78 is 7.77. The summed E-state index contributed by atoms with van der Waals surface area (Å²) in [5.74, 6) is 1.65. The summed E-state index contributed by atoms with van der Waals surface area (Å²) >= 11 is 6.22. The van der Waals surface area contributed by atoms with Gasteiger partial charge in [-0.05, 0) is 36.4 Å². The Morgan fingerprint density at radius 3 is 2.58 bits per heavy atom. The van der Waals surface area contributed by atoms with E-state index in [1.54, 1.807) is 0 Å². The highest BCUT2D eigenvalue weighted by atomic mass is 35.5. The maximum absolute atomic E-state index is 6.22. The normalized spacial score (nSPS) is 11.0. The molecule has 0 bridgehead atoms. The number of para-hydroxylation sites is 1. The molecule has 2 aromatic heterocycles. The lowest BCUT2D eigenvalue weighted by molar-refractivity contribution is 0.493. The highest BCUT2D eigenvalue weighted by molar-refractivity contribution is 6.33. The maximum atomic E-state index is 6.22. The number of halogens is 1. The minimum Gasteiger partial charge on any atom is -0.460 e. The number of benzene rings is 2. The van der Waals surface area contributed by atoms with Crippen LogP contribution in [-0.2, 0) is 13.1 Å². The standard InChI is InChI=1S/C21H18ClN3O/c22-20-9-5-4-8-19(20)21-11-10-18(26-21)14-23-12-16-13-24-25(15-16)17-6-2-1-3-7-17/h1-11,13,15,23H,12,14H2. The van der Waals surface area contributed by atoms with E-state index < -0.39 is 0 Å². The number of hydrogen-bond donors (Lipinski definition) is 1. The van der Waals surface area contributed by atoms with Crippen molar-refractivity contribution in [1.29, 1.82) is 0 Å². The molecule has 0 fully saturated rings. The van der Waals surface area contributed by atoms with Crippen molar-refractivity contribution >= 4 is 11.6 Å². The molecule has 0 aliphatic carbocycles. The monoisotopic (exact) mass is 363 g/mol. The molecular weight excluding hydrogens is 346 g/mol. The molecule has 0 radical (unpaired) electrons. The predicted molar refractivity (Wildman–Crippen MR) is 103 cm³/mol. The maximum Gasteiger partial charge on any atom is 0.135 e. The van der Waals surface area contributed by atoms with Crippen LogP contribution >= 0.6 is 11.6 Å². The van der Waals surface area contributed by atoms with Crippen LogP contribution in [0.4, 0.5) is 0 Å². The second kappa shape index (κ2) is 7.60. The van der Waals surface area contributed by atoms with Crippen LogP contribution in [0.15, 0.2) is 83.5 Å². The number of rotatable bonds is 6. The lowest BCUT2D eigenvalue weighted by Gasteiger charge is -2.02. The van der Waals surface area contributed by atoms with Gasteiger partial charge in [-0.3, -0.25) is 0 Å². The van der Waals surface area contributed by atoms with Crippen LogP contribution in [0.2, 0.25) is 5.02 Å². The van der Waals surface area contributed by atoms with E-state index in [-0.39, 0.29) is 0 Å². The Labute approximate surface area is 157 Å². The first-order valence-electron chi connectivity index (χ1n) is 8.43. The fourth-order valence-electron chi connectivity index (χ4n) is 2.78. The molecule has 5 heteroatoms. The fraction of sp³-hybridized carbons (Fsp3) is 0.0952. The van der Waals surface area contributed by atoms with Crippen LogP contribution in [-0.4, -0.2) is 9.78 Å². The van der Waals surface area contributed by atoms with Crippen molar-refractivity contribution in [3.05, 3.63) is 95.5 Å².